The molecule has 0 spiro atoms. The molecule has 0 radical (unpaired) electrons. The van der Waals surface area contributed by atoms with Gasteiger partial charge in [0, 0.05) is 6.20 Å². The fourth-order valence-corrected chi connectivity index (χ4v) is 1.95. The summed E-state index contributed by atoms with van der Waals surface area (Å²) in [5, 5.41) is 13.0. The predicted octanol–water partition coefficient (Wildman–Crippen LogP) is 3.26. The topological polar surface area (TPSA) is 68.1 Å². The molecule has 2 rings (SSSR count). The van der Waals surface area contributed by atoms with Crippen LogP contribution in [-0.4, -0.2) is 21.6 Å². The summed E-state index contributed by atoms with van der Waals surface area (Å²) >= 11 is 2.97. The quantitative estimate of drug-likeness (QED) is 0.684. The van der Waals surface area contributed by atoms with E-state index < -0.39 is 22.3 Å². The molecule has 0 amide bonds. The molecule has 98 valence electrons. The van der Waals surface area contributed by atoms with Crippen molar-refractivity contribution in [3.63, 3.8) is 0 Å². The molecule has 0 aliphatic heterocycles. The van der Waals surface area contributed by atoms with Gasteiger partial charge in [-0.1, -0.05) is 0 Å². The number of alkyl halides is 3. The summed E-state index contributed by atoms with van der Waals surface area (Å²) in [5.74, 6) is 0. The Kier molecular flexibility index (Phi) is 2.96. The Morgan fingerprint density at radius 2 is 2.06 bits per heavy atom. The monoisotopic (exact) mass is 325 g/mol. The smallest absolute Gasteiger partial charge is 0.365 e. The average Bonchev–Trinajstić information content (AvgIpc) is 3.00. The standard InChI is InChI=1S/C9H7BrF3N3O2/c10-5-3-14-4-6(16(17)18)7(5)15-8(1-2-8)9(11,12)13/h3-4H,1-2H2,(H,14,15). The molecule has 9 heteroatoms. The molecule has 0 saturated heterocycles. The maximum Gasteiger partial charge on any atom is 0.411 e. The van der Waals surface area contributed by atoms with Gasteiger partial charge in [0.05, 0.1) is 9.40 Å². The van der Waals surface area contributed by atoms with Gasteiger partial charge in [-0.15, -0.1) is 0 Å². The summed E-state index contributed by atoms with van der Waals surface area (Å²) in [6.07, 6.45) is -2.50. The van der Waals surface area contributed by atoms with Crippen molar-refractivity contribution in [2.45, 2.75) is 24.6 Å². The van der Waals surface area contributed by atoms with Gasteiger partial charge in [-0.05, 0) is 28.8 Å². The first kappa shape index (κ1) is 13.1. The second-order valence-electron chi connectivity index (χ2n) is 3.98. The summed E-state index contributed by atoms with van der Waals surface area (Å²) in [6.45, 7) is 0. The molecule has 0 bridgehead atoms. The van der Waals surface area contributed by atoms with Gasteiger partial charge in [-0.25, -0.2) is 0 Å². The lowest BCUT2D eigenvalue weighted by Gasteiger charge is -2.22. The van der Waals surface area contributed by atoms with E-state index in [0.29, 0.717) is 0 Å². The molecule has 0 atom stereocenters. The second-order valence-corrected chi connectivity index (χ2v) is 4.83. The van der Waals surface area contributed by atoms with Crippen molar-refractivity contribution in [1.29, 1.82) is 0 Å². The van der Waals surface area contributed by atoms with E-state index in [4.69, 9.17) is 0 Å². The third-order valence-corrected chi connectivity index (χ3v) is 3.33. The second kappa shape index (κ2) is 4.08. The van der Waals surface area contributed by atoms with Gasteiger partial charge in [0.2, 0.25) is 0 Å². The molecule has 5 nitrogen and oxygen atoms in total. The van der Waals surface area contributed by atoms with E-state index in [0.717, 1.165) is 6.20 Å². The number of rotatable bonds is 3. The molecule has 1 saturated carbocycles. The highest BCUT2D eigenvalue weighted by atomic mass is 79.9. The van der Waals surface area contributed by atoms with Crippen LogP contribution in [0.15, 0.2) is 16.9 Å². The van der Waals surface area contributed by atoms with Crippen LogP contribution in [0.25, 0.3) is 0 Å². The van der Waals surface area contributed by atoms with Gasteiger partial charge in [-0.3, -0.25) is 15.1 Å². The Morgan fingerprint density at radius 1 is 1.44 bits per heavy atom. The summed E-state index contributed by atoms with van der Waals surface area (Å²) in [4.78, 5) is 13.6. The third-order valence-electron chi connectivity index (χ3n) is 2.73. The van der Waals surface area contributed by atoms with Gasteiger partial charge in [0.15, 0.2) is 0 Å². The van der Waals surface area contributed by atoms with Gasteiger partial charge >= 0.3 is 11.9 Å². The van der Waals surface area contributed by atoms with E-state index in [2.05, 4.69) is 26.2 Å². The predicted molar refractivity (Wildman–Crippen MR) is 60.2 cm³/mol. The number of halogens is 4. The number of pyridine rings is 1. The minimum absolute atomic E-state index is 0.0948. The Labute approximate surface area is 108 Å². The molecule has 0 aromatic carbocycles. The van der Waals surface area contributed by atoms with Crippen LogP contribution in [-0.2, 0) is 0 Å². The molecular formula is C9H7BrF3N3O2. The lowest BCUT2D eigenvalue weighted by atomic mass is 10.2. The molecule has 1 aromatic rings. The number of nitro groups is 1. The summed E-state index contributed by atoms with van der Waals surface area (Å²) in [7, 11) is 0. The average molecular weight is 326 g/mol. The van der Waals surface area contributed by atoms with Crippen LogP contribution in [0.1, 0.15) is 12.8 Å². The van der Waals surface area contributed by atoms with Crippen molar-refractivity contribution < 1.29 is 18.1 Å². The highest BCUT2D eigenvalue weighted by molar-refractivity contribution is 9.10. The Bertz CT molecular complexity index is 502. The lowest BCUT2D eigenvalue weighted by molar-refractivity contribution is -0.384. The molecule has 1 aliphatic rings. The largest absolute Gasteiger partial charge is 0.411 e. The van der Waals surface area contributed by atoms with E-state index in [9.17, 15) is 23.3 Å². The zero-order valence-corrected chi connectivity index (χ0v) is 10.4. The van der Waals surface area contributed by atoms with E-state index in [1.54, 1.807) is 0 Å². The summed E-state index contributed by atoms with van der Waals surface area (Å²) in [6, 6.07) is 0. The first-order valence-electron chi connectivity index (χ1n) is 4.90. The highest BCUT2D eigenvalue weighted by Gasteiger charge is 2.64. The van der Waals surface area contributed by atoms with Crippen LogP contribution < -0.4 is 5.32 Å². The molecule has 18 heavy (non-hydrogen) atoms. The molecule has 1 heterocycles. The van der Waals surface area contributed by atoms with Crippen LogP contribution in [0.5, 0.6) is 0 Å². The number of aromatic nitrogens is 1. The number of nitrogens with one attached hydrogen (secondary N) is 1. The summed E-state index contributed by atoms with van der Waals surface area (Å²) in [5.41, 5.74) is -2.73. The van der Waals surface area contributed by atoms with Gasteiger partial charge in [0.1, 0.15) is 17.4 Å². The van der Waals surface area contributed by atoms with Crippen molar-refractivity contribution in [3.05, 3.63) is 27.0 Å². The van der Waals surface area contributed by atoms with Crippen molar-refractivity contribution >= 4 is 27.3 Å². The Balaban J connectivity index is 2.38. The highest BCUT2D eigenvalue weighted by Crippen LogP contribution is 2.52. The molecule has 1 N–H and O–H groups in total. The minimum Gasteiger partial charge on any atom is -0.365 e. The van der Waals surface area contributed by atoms with Gasteiger partial charge in [-0.2, -0.15) is 13.2 Å². The first-order valence-corrected chi connectivity index (χ1v) is 5.69. The van der Waals surface area contributed by atoms with Crippen molar-refractivity contribution in [1.82, 2.24) is 4.98 Å². The lowest BCUT2D eigenvalue weighted by Crippen LogP contribution is -2.38. The van der Waals surface area contributed by atoms with Crippen LogP contribution in [0.2, 0.25) is 0 Å². The molecule has 1 fully saturated rings. The third kappa shape index (κ3) is 2.14. The number of hydrogen-bond donors (Lipinski definition) is 1. The number of anilines is 1. The number of nitrogens with zero attached hydrogens (tertiary/aromatic N) is 2. The minimum atomic E-state index is -4.44. The molecule has 1 aliphatic carbocycles. The van der Waals surface area contributed by atoms with Crippen LogP contribution in [0.4, 0.5) is 24.5 Å². The Morgan fingerprint density at radius 3 is 2.50 bits per heavy atom. The van der Waals surface area contributed by atoms with E-state index in [-0.39, 0.29) is 23.0 Å². The SMILES string of the molecule is O=[N+]([O-])c1cncc(Br)c1NC1(C(F)(F)F)CC1. The maximum atomic E-state index is 12.8. The Hall–Kier alpha value is -1.38. The molecular weight excluding hydrogens is 319 g/mol. The first-order chi connectivity index (χ1) is 8.27. The zero-order chi connectivity index (χ0) is 13.6. The van der Waals surface area contributed by atoms with Crippen LogP contribution >= 0.6 is 15.9 Å². The van der Waals surface area contributed by atoms with Crippen LogP contribution in [0, 0.1) is 10.1 Å². The van der Waals surface area contributed by atoms with Gasteiger partial charge in [0.25, 0.3) is 0 Å². The van der Waals surface area contributed by atoms with Gasteiger partial charge < -0.3 is 5.32 Å². The zero-order valence-electron chi connectivity index (χ0n) is 8.79. The molecule has 1 aromatic heterocycles. The van der Waals surface area contributed by atoms with E-state index in [1.165, 1.54) is 6.20 Å². The van der Waals surface area contributed by atoms with Crippen molar-refractivity contribution in [2.24, 2.45) is 0 Å². The maximum absolute atomic E-state index is 12.8. The van der Waals surface area contributed by atoms with Crippen molar-refractivity contribution in [2.75, 3.05) is 5.32 Å². The fraction of sp³-hybridized carbons (Fsp3) is 0.444. The number of hydrogen-bond acceptors (Lipinski definition) is 4. The van der Waals surface area contributed by atoms with E-state index >= 15 is 0 Å². The van der Waals surface area contributed by atoms with E-state index in [1.807, 2.05) is 0 Å². The summed E-state index contributed by atoms with van der Waals surface area (Å²) < 4.78 is 38.5. The van der Waals surface area contributed by atoms with Crippen LogP contribution in [0.3, 0.4) is 0 Å². The fourth-order valence-electron chi connectivity index (χ4n) is 1.53. The normalized spacial score (nSPS) is 17.3. The van der Waals surface area contributed by atoms with Crippen molar-refractivity contribution in [3.8, 4) is 0 Å². The molecule has 0 unspecified atom stereocenters.